The van der Waals surface area contributed by atoms with Crippen molar-refractivity contribution in [1.29, 1.82) is 0 Å². The van der Waals surface area contributed by atoms with E-state index >= 15 is 0 Å². The first-order valence-electron chi connectivity index (χ1n) is 10.2. The van der Waals surface area contributed by atoms with Gasteiger partial charge in [0, 0.05) is 20.1 Å². The molecule has 0 radical (unpaired) electrons. The lowest BCUT2D eigenvalue weighted by atomic mass is 10.1. The molecular formula is C23H31N3O4S. The van der Waals surface area contributed by atoms with Crippen molar-refractivity contribution in [2.45, 2.75) is 45.2 Å². The summed E-state index contributed by atoms with van der Waals surface area (Å²) in [5, 5.41) is 2.73. The Kier molecular flexibility index (Phi) is 8.36. The van der Waals surface area contributed by atoms with Crippen LogP contribution in [0.4, 0.5) is 0 Å². The number of likely N-dealkylation sites (N-methyl/N-ethyl adjacent to an activating group) is 2. The van der Waals surface area contributed by atoms with Gasteiger partial charge in [0.25, 0.3) is 0 Å². The second-order valence-corrected chi connectivity index (χ2v) is 9.64. The average molecular weight is 446 g/mol. The largest absolute Gasteiger partial charge is 0.355 e. The van der Waals surface area contributed by atoms with E-state index in [2.05, 4.69) is 5.32 Å². The molecule has 1 atom stereocenters. The number of carbonyl (C=O) groups excluding carboxylic acids is 2. The van der Waals surface area contributed by atoms with E-state index in [-0.39, 0.29) is 23.9 Å². The number of benzene rings is 2. The van der Waals surface area contributed by atoms with Gasteiger partial charge in [-0.25, -0.2) is 8.42 Å². The SMILES string of the molecule is CCNC(=O)C(C)N(Cc1ccccc1C)C(=O)CN(C)S(=O)(=O)c1ccc(C)cc1. The van der Waals surface area contributed by atoms with E-state index < -0.39 is 22.0 Å². The number of nitrogens with zero attached hydrogens (tertiary/aromatic N) is 2. The molecule has 0 aliphatic rings. The van der Waals surface area contributed by atoms with E-state index in [1.54, 1.807) is 26.0 Å². The third kappa shape index (κ3) is 6.15. The zero-order chi connectivity index (χ0) is 23.2. The predicted molar refractivity (Wildman–Crippen MR) is 121 cm³/mol. The highest BCUT2D eigenvalue weighted by atomic mass is 32.2. The lowest BCUT2D eigenvalue weighted by Crippen LogP contribution is -2.50. The predicted octanol–water partition coefficient (Wildman–Crippen LogP) is 2.48. The lowest BCUT2D eigenvalue weighted by molar-refractivity contribution is -0.140. The van der Waals surface area contributed by atoms with E-state index in [1.807, 2.05) is 38.1 Å². The first-order valence-corrected chi connectivity index (χ1v) is 11.7. The van der Waals surface area contributed by atoms with Gasteiger partial charge in [0.05, 0.1) is 11.4 Å². The zero-order valence-corrected chi connectivity index (χ0v) is 19.6. The minimum Gasteiger partial charge on any atom is -0.355 e. The Bertz CT molecular complexity index is 1020. The Morgan fingerprint density at radius 1 is 1.03 bits per heavy atom. The number of aryl methyl sites for hydroxylation is 2. The van der Waals surface area contributed by atoms with E-state index in [1.165, 1.54) is 24.1 Å². The number of sulfonamides is 1. The van der Waals surface area contributed by atoms with Gasteiger partial charge in [-0.2, -0.15) is 4.31 Å². The van der Waals surface area contributed by atoms with Crippen LogP contribution in [-0.4, -0.2) is 55.6 Å². The summed E-state index contributed by atoms with van der Waals surface area (Å²) in [7, 11) is -2.47. The normalized spacial score (nSPS) is 12.5. The Hall–Kier alpha value is -2.71. The van der Waals surface area contributed by atoms with Crippen LogP contribution in [0.15, 0.2) is 53.4 Å². The molecule has 0 heterocycles. The smallest absolute Gasteiger partial charge is 0.243 e. The highest BCUT2D eigenvalue weighted by Gasteiger charge is 2.30. The van der Waals surface area contributed by atoms with Crippen LogP contribution in [-0.2, 0) is 26.2 Å². The Labute approximate surface area is 185 Å². The molecule has 7 nitrogen and oxygen atoms in total. The van der Waals surface area contributed by atoms with Crippen LogP contribution < -0.4 is 5.32 Å². The van der Waals surface area contributed by atoms with E-state index in [4.69, 9.17) is 0 Å². The first kappa shape index (κ1) is 24.6. The molecule has 2 rings (SSSR count). The zero-order valence-electron chi connectivity index (χ0n) is 18.8. The third-order valence-corrected chi connectivity index (χ3v) is 7.02. The van der Waals surface area contributed by atoms with Crippen molar-refractivity contribution in [2.75, 3.05) is 20.1 Å². The van der Waals surface area contributed by atoms with Crippen LogP contribution in [0.25, 0.3) is 0 Å². The van der Waals surface area contributed by atoms with Crippen LogP contribution in [0.3, 0.4) is 0 Å². The molecule has 0 aliphatic carbocycles. The van der Waals surface area contributed by atoms with Crippen molar-refractivity contribution in [2.24, 2.45) is 0 Å². The summed E-state index contributed by atoms with van der Waals surface area (Å²) in [4.78, 5) is 27.2. The van der Waals surface area contributed by atoms with Crippen molar-refractivity contribution in [3.63, 3.8) is 0 Å². The quantitative estimate of drug-likeness (QED) is 0.642. The van der Waals surface area contributed by atoms with Crippen LogP contribution in [0.5, 0.6) is 0 Å². The Morgan fingerprint density at radius 2 is 1.65 bits per heavy atom. The summed E-state index contributed by atoms with van der Waals surface area (Å²) < 4.78 is 26.8. The molecule has 31 heavy (non-hydrogen) atoms. The maximum atomic E-state index is 13.2. The maximum Gasteiger partial charge on any atom is 0.243 e. The van der Waals surface area contributed by atoms with Gasteiger partial charge in [0.2, 0.25) is 21.8 Å². The third-order valence-electron chi connectivity index (χ3n) is 5.21. The number of nitrogens with one attached hydrogen (secondary N) is 1. The fraction of sp³-hybridized carbons (Fsp3) is 0.391. The van der Waals surface area contributed by atoms with Gasteiger partial charge in [-0.1, -0.05) is 42.0 Å². The molecule has 0 fully saturated rings. The van der Waals surface area contributed by atoms with Gasteiger partial charge in [-0.15, -0.1) is 0 Å². The van der Waals surface area contributed by atoms with Crippen molar-refractivity contribution in [1.82, 2.24) is 14.5 Å². The molecule has 0 saturated heterocycles. The van der Waals surface area contributed by atoms with Gasteiger partial charge >= 0.3 is 0 Å². The van der Waals surface area contributed by atoms with Crippen molar-refractivity contribution in [3.8, 4) is 0 Å². The molecule has 2 aromatic carbocycles. The molecular weight excluding hydrogens is 414 g/mol. The van der Waals surface area contributed by atoms with Crippen molar-refractivity contribution in [3.05, 3.63) is 65.2 Å². The molecule has 168 valence electrons. The van der Waals surface area contributed by atoms with E-state index in [0.29, 0.717) is 6.54 Å². The molecule has 8 heteroatoms. The van der Waals surface area contributed by atoms with Gasteiger partial charge < -0.3 is 10.2 Å². The Balaban J connectivity index is 2.28. The highest BCUT2D eigenvalue weighted by molar-refractivity contribution is 7.89. The van der Waals surface area contributed by atoms with Crippen LogP contribution >= 0.6 is 0 Å². The molecule has 0 saturated carbocycles. The van der Waals surface area contributed by atoms with Gasteiger partial charge in [-0.05, 0) is 51.0 Å². The molecule has 2 amide bonds. The Morgan fingerprint density at radius 3 is 2.23 bits per heavy atom. The van der Waals surface area contributed by atoms with Crippen molar-refractivity contribution < 1.29 is 18.0 Å². The van der Waals surface area contributed by atoms with E-state index in [0.717, 1.165) is 21.0 Å². The molecule has 0 aliphatic heterocycles. The summed E-state index contributed by atoms with van der Waals surface area (Å²) in [5.74, 6) is -0.728. The van der Waals surface area contributed by atoms with Gasteiger partial charge in [-0.3, -0.25) is 9.59 Å². The molecule has 0 spiro atoms. The van der Waals surface area contributed by atoms with Crippen LogP contribution in [0.1, 0.15) is 30.5 Å². The van der Waals surface area contributed by atoms with E-state index in [9.17, 15) is 18.0 Å². The number of hydrogen-bond donors (Lipinski definition) is 1. The minimum absolute atomic E-state index is 0.121. The molecule has 1 unspecified atom stereocenters. The molecule has 1 N–H and O–H groups in total. The number of amides is 2. The summed E-state index contributed by atoms with van der Waals surface area (Å²) in [6, 6.07) is 13.3. The van der Waals surface area contributed by atoms with Crippen LogP contribution in [0.2, 0.25) is 0 Å². The van der Waals surface area contributed by atoms with Crippen LogP contribution in [0, 0.1) is 13.8 Å². The van der Waals surface area contributed by atoms with Crippen molar-refractivity contribution >= 4 is 21.8 Å². The van der Waals surface area contributed by atoms with Gasteiger partial charge in [0.15, 0.2) is 0 Å². The second kappa shape index (κ2) is 10.5. The average Bonchev–Trinajstić information content (AvgIpc) is 2.73. The second-order valence-electron chi connectivity index (χ2n) is 7.59. The number of rotatable bonds is 9. The topological polar surface area (TPSA) is 86.8 Å². The lowest BCUT2D eigenvalue weighted by Gasteiger charge is -2.30. The fourth-order valence-electron chi connectivity index (χ4n) is 3.13. The molecule has 0 bridgehead atoms. The summed E-state index contributed by atoms with van der Waals surface area (Å²) in [6.07, 6.45) is 0. The van der Waals surface area contributed by atoms with Gasteiger partial charge in [0.1, 0.15) is 6.04 Å². The number of carbonyl (C=O) groups is 2. The summed E-state index contributed by atoms with van der Waals surface area (Å²) >= 11 is 0. The highest BCUT2D eigenvalue weighted by Crippen LogP contribution is 2.17. The summed E-state index contributed by atoms with van der Waals surface area (Å²) in [5.41, 5.74) is 2.83. The number of hydrogen-bond acceptors (Lipinski definition) is 4. The minimum atomic E-state index is -3.84. The maximum absolute atomic E-state index is 13.2. The fourth-order valence-corrected chi connectivity index (χ4v) is 4.25. The first-order chi connectivity index (χ1) is 14.6. The molecule has 2 aromatic rings. The standard InChI is InChI=1S/C23H31N3O4S/c1-6-24-23(28)19(4)26(15-20-10-8-7-9-18(20)3)22(27)16-25(5)31(29,30)21-13-11-17(2)12-14-21/h7-14,19H,6,15-16H2,1-5H3,(H,24,28). The molecule has 0 aromatic heterocycles. The summed E-state index contributed by atoms with van der Waals surface area (Å²) in [6.45, 7) is 7.54. The monoisotopic (exact) mass is 445 g/mol.